The first-order chi connectivity index (χ1) is 15.5. The highest BCUT2D eigenvalue weighted by atomic mass is 32.2. The topological polar surface area (TPSA) is 96.7 Å². The van der Waals surface area contributed by atoms with E-state index in [4.69, 9.17) is 9.15 Å². The summed E-state index contributed by atoms with van der Waals surface area (Å²) in [5.41, 5.74) is 2.64. The first-order valence-electron chi connectivity index (χ1n) is 10.6. The number of aromatic nitrogens is 1. The molecule has 1 aliphatic heterocycles. The summed E-state index contributed by atoms with van der Waals surface area (Å²) in [6, 6.07) is 16.2. The van der Waals surface area contributed by atoms with Gasteiger partial charge in [-0.15, -0.1) is 0 Å². The normalized spacial score (nSPS) is 18.9. The second-order valence-corrected chi connectivity index (χ2v) is 9.66. The number of benzene rings is 2. The Kier molecular flexibility index (Phi) is 6.78. The van der Waals surface area contributed by atoms with Gasteiger partial charge in [0.25, 0.3) is 15.1 Å². The third-order valence-electron chi connectivity index (χ3n) is 5.82. The van der Waals surface area contributed by atoms with Crippen molar-refractivity contribution < 1.29 is 17.6 Å². The molecule has 0 spiro atoms. The number of rotatable bonds is 8. The van der Waals surface area contributed by atoms with E-state index in [0.717, 1.165) is 31.3 Å². The number of hydrogen-bond donors (Lipinski definition) is 2. The minimum atomic E-state index is -3.83. The van der Waals surface area contributed by atoms with E-state index in [1.807, 2.05) is 12.1 Å². The molecule has 170 valence electrons. The molecule has 1 fully saturated rings. The second kappa shape index (κ2) is 9.72. The maximum atomic E-state index is 12.8. The van der Waals surface area contributed by atoms with Crippen LogP contribution in [0.15, 0.2) is 70.6 Å². The van der Waals surface area contributed by atoms with E-state index in [1.165, 1.54) is 23.1 Å². The van der Waals surface area contributed by atoms with E-state index in [1.54, 1.807) is 19.2 Å². The van der Waals surface area contributed by atoms with Gasteiger partial charge in [-0.2, -0.15) is 8.42 Å². The lowest BCUT2D eigenvalue weighted by molar-refractivity contribution is 0.303. The average Bonchev–Trinajstić information content (AvgIpc) is 3.39. The van der Waals surface area contributed by atoms with Crippen LogP contribution in [-0.4, -0.2) is 40.1 Å². The number of hydrogen-bond acceptors (Lipinski definition) is 7. The Bertz CT molecular complexity index is 1120. The molecule has 3 aromatic rings. The van der Waals surface area contributed by atoms with Crippen LogP contribution in [0.1, 0.15) is 30.0 Å². The summed E-state index contributed by atoms with van der Waals surface area (Å²) in [6.45, 7) is 1.53. The van der Waals surface area contributed by atoms with Crippen molar-refractivity contribution in [2.24, 2.45) is 0 Å². The highest BCUT2D eigenvalue weighted by molar-refractivity contribution is 7.92. The fraction of sp³-hybridized carbons (Fsp3) is 0.348. The van der Waals surface area contributed by atoms with Crippen LogP contribution in [0.5, 0.6) is 5.75 Å². The summed E-state index contributed by atoms with van der Waals surface area (Å²) < 4.78 is 37.3. The van der Waals surface area contributed by atoms with Crippen molar-refractivity contribution in [2.45, 2.75) is 36.6 Å². The lowest BCUT2D eigenvalue weighted by Crippen LogP contribution is -2.45. The number of anilines is 1. The fourth-order valence-electron chi connectivity index (χ4n) is 4.06. The molecule has 4 rings (SSSR count). The molecule has 8 nitrogen and oxygen atoms in total. The first-order valence-corrected chi connectivity index (χ1v) is 12.0. The van der Waals surface area contributed by atoms with Gasteiger partial charge in [0.1, 0.15) is 5.75 Å². The van der Waals surface area contributed by atoms with E-state index in [9.17, 15) is 8.42 Å². The number of methoxy groups -OCH3 is 1. The molecule has 1 saturated heterocycles. The molecule has 1 aliphatic rings. The van der Waals surface area contributed by atoms with Crippen LogP contribution in [0.4, 0.5) is 5.69 Å². The van der Waals surface area contributed by atoms with Crippen molar-refractivity contribution in [1.29, 1.82) is 0 Å². The van der Waals surface area contributed by atoms with Crippen LogP contribution in [0.2, 0.25) is 0 Å². The van der Waals surface area contributed by atoms with Crippen molar-refractivity contribution in [1.82, 2.24) is 15.6 Å². The third kappa shape index (κ3) is 4.64. The lowest BCUT2D eigenvalue weighted by atomic mass is 9.92. The van der Waals surface area contributed by atoms with Gasteiger partial charge in [-0.1, -0.05) is 30.3 Å². The summed E-state index contributed by atoms with van der Waals surface area (Å²) in [5.74, 6) is 0.701. The van der Waals surface area contributed by atoms with Crippen molar-refractivity contribution >= 4 is 15.7 Å². The molecule has 0 amide bonds. The second-order valence-electron chi connectivity index (χ2n) is 7.76. The van der Waals surface area contributed by atoms with Crippen molar-refractivity contribution in [3.8, 4) is 5.75 Å². The standard InChI is InChI=1S/C23H28N4O4S/c1-27(32(28,29)22-15-24-16-31-22)19-10-11-21(30-2)18(13-19)14-26-20-9-6-12-25-23(20)17-7-4-3-5-8-17/h3-5,7-8,10-11,13,15-16,20,23,25-26H,6,9,12,14H2,1-2H3/t20-,23-/m0/s1. The molecular formula is C23H28N4O4S. The van der Waals surface area contributed by atoms with Crippen LogP contribution in [0.3, 0.4) is 0 Å². The zero-order valence-corrected chi connectivity index (χ0v) is 19.0. The summed E-state index contributed by atoms with van der Waals surface area (Å²) in [4.78, 5) is 3.71. The molecule has 2 aromatic carbocycles. The maximum absolute atomic E-state index is 12.8. The molecule has 2 N–H and O–H groups in total. The van der Waals surface area contributed by atoms with E-state index in [2.05, 4.69) is 39.9 Å². The Labute approximate surface area is 188 Å². The van der Waals surface area contributed by atoms with Gasteiger partial charge in [-0.25, -0.2) is 4.98 Å². The zero-order chi connectivity index (χ0) is 22.6. The average molecular weight is 457 g/mol. The van der Waals surface area contributed by atoms with Gasteiger partial charge < -0.3 is 19.8 Å². The molecule has 1 aromatic heterocycles. The fourth-order valence-corrected chi connectivity index (χ4v) is 5.08. The number of oxazole rings is 1. The SMILES string of the molecule is COc1ccc(N(C)S(=O)(=O)c2cnco2)cc1CN[C@H]1CCCN[C@H]1c1ccccc1. The molecular weight excluding hydrogens is 428 g/mol. The largest absolute Gasteiger partial charge is 0.496 e. The Balaban J connectivity index is 1.54. The number of ether oxygens (including phenoxy) is 1. The zero-order valence-electron chi connectivity index (χ0n) is 18.2. The molecule has 9 heteroatoms. The van der Waals surface area contributed by atoms with Gasteiger partial charge in [0.2, 0.25) is 0 Å². The van der Waals surface area contributed by atoms with Gasteiger partial charge in [0, 0.05) is 31.2 Å². The van der Waals surface area contributed by atoms with Gasteiger partial charge >= 0.3 is 0 Å². The minimum Gasteiger partial charge on any atom is -0.496 e. The number of nitrogens with one attached hydrogen (secondary N) is 2. The van der Waals surface area contributed by atoms with Crippen LogP contribution in [0.25, 0.3) is 0 Å². The van der Waals surface area contributed by atoms with Gasteiger partial charge in [-0.05, 0) is 43.1 Å². The van der Waals surface area contributed by atoms with E-state index < -0.39 is 10.0 Å². The summed E-state index contributed by atoms with van der Waals surface area (Å²) in [5, 5.41) is 7.07. The Morgan fingerprint density at radius 3 is 2.78 bits per heavy atom. The molecule has 0 aliphatic carbocycles. The van der Waals surface area contributed by atoms with E-state index in [0.29, 0.717) is 18.0 Å². The quantitative estimate of drug-likeness (QED) is 0.538. The number of piperidine rings is 1. The predicted molar refractivity (Wildman–Crippen MR) is 122 cm³/mol. The summed E-state index contributed by atoms with van der Waals surface area (Å²) >= 11 is 0. The smallest absolute Gasteiger partial charge is 0.299 e. The van der Waals surface area contributed by atoms with E-state index >= 15 is 0 Å². The predicted octanol–water partition coefficient (Wildman–Crippen LogP) is 3.09. The van der Waals surface area contributed by atoms with Gasteiger partial charge in [0.05, 0.1) is 19.0 Å². The lowest BCUT2D eigenvalue weighted by Gasteiger charge is -2.34. The van der Waals surface area contributed by atoms with Crippen LogP contribution in [-0.2, 0) is 16.6 Å². The molecule has 2 atom stereocenters. The van der Waals surface area contributed by atoms with Gasteiger partial charge in [-0.3, -0.25) is 4.31 Å². The Hall–Kier alpha value is -2.88. The molecule has 0 unspecified atom stereocenters. The molecule has 0 saturated carbocycles. The molecule has 0 bridgehead atoms. The first kappa shape index (κ1) is 22.3. The molecule has 2 heterocycles. The van der Waals surface area contributed by atoms with Crippen molar-refractivity contribution in [3.63, 3.8) is 0 Å². The van der Waals surface area contributed by atoms with E-state index in [-0.39, 0.29) is 17.2 Å². The highest BCUT2D eigenvalue weighted by Crippen LogP contribution is 2.29. The number of sulfonamides is 1. The monoisotopic (exact) mass is 456 g/mol. The minimum absolute atomic E-state index is 0.200. The highest BCUT2D eigenvalue weighted by Gasteiger charge is 2.27. The molecule has 0 radical (unpaired) electrons. The third-order valence-corrected chi connectivity index (χ3v) is 7.47. The summed E-state index contributed by atoms with van der Waals surface area (Å²) in [6.07, 6.45) is 4.44. The van der Waals surface area contributed by atoms with Crippen molar-refractivity contribution in [2.75, 3.05) is 25.0 Å². The molecule has 32 heavy (non-hydrogen) atoms. The van der Waals surface area contributed by atoms with Crippen LogP contribution in [0, 0.1) is 0 Å². The van der Waals surface area contributed by atoms with Crippen molar-refractivity contribution in [3.05, 3.63) is 72.2 Å². The maximum Gasteiger partial charge on any atom is 0.299 e. The Morgan fingerprint density at radius 1 is 1.25 bits per heavy atom. The summed E-state index contributed by atoms with van der Waals surface area (Å²) in [7, 11) is -0.725. The Morgan fingerprint density at radius 2 is 2.06 bits per heavy atom. The van der Waals surface area contributed by atoms with Gasteiger partial charge in [0.15, 0.2) is 6.39 Å². The van der Waals surface area contributed by atoms with Crippen LogP contribution < -0.4 is 19.7 Å². The number of nitrogens with zero attached hydrogens (tertiary/aromatic N) is 2. The van der Waals surface area contributed by atoms with Crippen LogP contribution >= 0.6 is 0 Å².